The Morgan fingerprint density at radius 3 is 0.465 bits per heavy atom. The van der Waals surface area contributed by atoms with Crippen LogP contribution in [0, 0.1) is 0 Å². The van der Waals surface area contributed by atoms with Crippen LogP contribution in [0.25, 0.3) is 0 Å². The SMILES string of the molecule is CCCCCC[N+](CCCCCC)(CCCCCC)CCCCC[N+](CCCCCC)(CCCCCC)CCCCCC. The Bertz CT molecular complexity index is 421. The van der Waals surface area contributed by atoms with Gasteiger partial charge in [0.15, 0.2) is 0 Å². The average Bonchev–Trinajstić information content (AvgIpc) is 3.02. The highest BCUT2D eigenvalue weighted by molar-refractivity contribution is 4.56. The molecule has 0 aromatic heterocycles. The summed E-state index contributed by atoms with van der Waals surface area (Å²) in [7, 11) is 0. The van der Waals surface area contributed by atoms with Crippen LogP contribution in [0.4, 0.5) is 0 Å². The van der Waals surface area contributed by atoms with E-state index >= 15 is 0 Å². The molecule has 0 atom stereocenters. The van der Waals surface area contributed by atoms with Gasteiger partial charge in [-0.1, -0.05) is 119 Å². The quantitative estimate of drug-likeness (QED) is 0.0490. The van der Waals surface area contributed by atoms with Crippen LogP contribution in [0.1, 0.15) is 215 Å². The molecule has 0 aliphatic rings. The smallest absolute Gasteiger partial charge is 0.0786 e. The van der Waals surface area contributed by atoms with Crippen LogP contribution in [0.3, 0.4) is 0 Å². The monoisotopic (exact) mass is 609 g/mol. The summed E-state index contributed by atoms with van der Waals surface area (Å²) in [6.07, 6.45) is 38.7. The summed E-state index contributed by atoms with van der Waals surface area (Å²) >= 11 is 0. The van der Waals surface area contributed by atoms with Gasteiger partial charge in [-0.2, -0.15) is 0 Å². The molecule has 0 aromatic carbocycles. The third kappa shape index (κ3) is 24.8. The fourth-order valence-corrected chi connectivity index (χ4v) is 7.66. The van der Waals surface area contributed by atoms with Crippen LogP contribution in [0.15, 0.2) is 0 Å². The van der Waals surface area contributed by atoms with Gasteiger partial charge in [-0.05, 0) is 96.3 Å². The van der Waals surface area contributed by atoms with E-state index in [0.717, 1.165) is 0 Å². The minimum atomic E-state index is 1.36. The summed E-state index contributed by atoms with van der Waals surface area (Å²) < 4.78 is 2.92. The van der Waals surface area contributed by atoms with Crippen LogP contribution >= 0.6 is 0 Å². The number of hydrogen-bond donors (Lipinski definition) is 0. The first kappa shape index (κ1) is 42.9. The molecule has 0 aliphatic heterocycles. The van der Waals surface area contributed by atoms with E-state index in [1.54, 1.807) is 0 Å². The Balaban J connectivity index is 5.38. The molecule has 0 fully saturated rings. The fraction of sp³-hybridized carbons (Fsp3) is 1.00. The molecule has 0 aliphatic carbocycles. The van der Waals surface area contributed by atoms with Crippen molar-refractivity contribution in [2.45, 2.75) is 215 Å². The predicted octanol–water partition coefficient (Wildman–Crippen LogP) is 13.3. The molecule has 0 amide bonds. The second-order valence-corrected chi connectivity index (χ2v) is 14.9. The normalized spacial score (nSPS) is 12.4. The van der Waals surface area contributed by atoms with Crippen molar-refractivity contribution in [2.75, 3.05) is 52.4 Å². The standard InChI is InChI=1S/C41H88N2/c1-7-13-19-26-34-42(35-27-20-14-8-2,36-28-21-15-9-3)40-32-25-33-41-43(37-29-22-16-10-4,38-30-23-17-11-5)39-31-24-18-12-6/h7-41H2,1-6H3/q+2. The van der Waals surface area contributed by atoms with Crippen LogP contribution in [0.5, 0.6) is 0 Å². The molecule has 0 aromatic rings. The molecule has 260 valence electrons. The summed E-state index contributed by atoms with van der Waals surface area (Å²) in [5, 5.41) is 0. The van der Waals surface area contributed by atoms with E-state index < -0.39 is 0 Å². The number of quaternary nitrogens is 2. The van der Waals surface area contributed by atoms with E-state index in [0.29, 0.717) is 0 Å². The van der Waals surface area contributed by atoms with Crippen LogP contribution < -0.4 is 0 Å². The lowest BCUT2D eigenvalue weighted by atomic mass is 10.1. The predicted molar refractivity (Wildman–Crippen MR) is 198 cm³/mol. The minimum absolute atomic E-state index is 1.36. The van der Waals surface area contributed by atoms with Gasteiger partial charge in [-0.3, -0.25) is 0 Å². The zero-order valence-electron chi connectivity index (χ0n) is 31.6. The fourth-order valence-electron chi connectivity index (χ4n) is 7.66. The van der Waals surface area contributed by atoms with Crippen molar-refractivity contribution < 1.29 is 8.97 Å². The molecule has 0 spiro atoms. The second kappa shape index (κ2) is 31.9. The first-order chi connectivity index (χ1) is 21.1. The van der Waals surface area contributed by atoms with Gasteiger partial charge in [0.05, 0.1) is 52.4 Å². The van der Waals surface area contributed by atoms with Crippen molar-refractivity contribution >= 4 is 0 Å². The van der Waals surface area contributed by atoms with Gasteiger partial charge in [0.1, 0.15) is 0 Å². The zero-order valence-corrected chi connectivity index (χ0v) is 31.6. The minimum Gasteiger partial charge on any atom is -0.324 e. The lowest BCUT2D eigenvalue weighted by Gasteiger charge is -2.41. The first-order valence-corrected chi connectivity index (χ1v) is 20.8. The Morgan fingerprint density at radius 1 is 0.186 bits per heavy atom. The van der Waals surface area contributed by atoms with Gasteiger partial charge in [0.2, 0.25) is 0 Å². The summed E-state index contributed by atoms with van der Waals surface area (Å²) in [5.41, 5.74) is 0. The van der Waals surface area contributed by atoms with Crippen molar-refractivity contribution in [3.05, 3.63) is 0 Å². The molecule has 2 heteroatoms. The Kier molecular flexibility index (Phi) is 31.8. The van der Waals surface area contributed by atoms with Crippen molar-refractivity contribution in [3.8, 4) is 0 Å². The number of hydrogen-bond acceptors (Lipinski definition) is 0. The molecule has 0 heterocycles. The van der Waals surface area contributed by atoms with Crippen molar-refractivity contribution in [2.24, 2.45) is 0 Å². The lowest BCUT2D eigenvalue weighted by Crippen LogP contribution is -2.51. The maximum Gasteiger partial charge on any atom is 0.0786 e. The highest BCUT2D eigenvalue weighted by atomic mass is 15.4. The van der Waals surface area contributed by atoms with E-state index in [2.05, 4.69) is 41.5 Å². The molecule has 2 nitrogen and oxygen atoms in total. The Hall–Kier alpha value is -0.0800. The van der Waals surface area contributed by atoms with E-state index in [-0.39, 0.29) is 0 Å². The lowest BCUT2D eigenvalue weighted by molar-refractivity contribution is -0.931. The Morgan fingerprint density at radius 2 is 0.326 bits per heavy atom. The van der Waals surface area contributed by atoms with Gasteiger partial charge in [0.25, 0.3) is 0 Å². The van der Waals surface area contributed by atoms with E-state index in [9.17, 15) is 0 Å². The highest BCUT2D eigenvalue weighted by Gasteiger charge is 2.28. The molecule has 0 unspecified atom stereocenters. The topological polar surface area (TPSA) is 0 Å². The molecule has 0 radical (unpaired) electrons. The highest BCUT2D eigenvalue weighted by Crippen LogP contribution is 2.22. The third-order valence-corrected chi connectivity index (χ3v) is 10.7. The Labute approximate surface area is 275 Å². The second-order valence-electron chi connectivity index (χ2n) is 14.9. The largest absolute Gasteiger partial charge is 0.324 e. The third-order valence-electron chi connectivity index (χ3n) is 10.7. The van der Waals surface area contributed by atoms with Gasteiger partial charge >= 0.3 is 0 Å². The summed E-state index contributed by atoms with van der Waals surface area (Å²) in [4.78, 5) is 0. The summed E-state index contributed by atoms with van der Waals surface area (Å²) in [6.45, 7) is 25.9. The van der Waals surface area contributed by atoms with E-state index in [4.69, 9.17) is 0 Å². The van der Waals surface area contributed by atoms with E-state index in [1.807, 2.05) is 0 Å². The first-order valence-electron chi connectivity index (χ1n) is 20.8. The van der Waals surface area contributed by atoms with Gasteiger partial charge in [0, 0.05) is 0 Å². The molecule has 0 N–H and O–H groups in total. The summed E-state index contributed by atoms with van der Waals surface area (Å²) in [5.74, 6) is 0. The van der Waals surface area contributed by atoms with Crippen molar-refractivity contribution in [3.63, 3.8) is 0 Å². The molecule has 0 saturated carbocycles. The number of nitrogens with zero attached hydrogens (tertiary/aromatic N) is 2. The van der Waals surface area contributed by atoms with Crippen LogP contribution in [0.2, 0.25) is 0 Å². The van der Waals surface area contributed by atoms with Crippen LogP contribution in [-0.4, -0.2) is 61.3 Å². The molecule has 0 rings (SSSR count). The molecule has 0 bridgehead atoms. The van der Waals surface area contributed by atoms with E-state index in [1.165, 1.54) is 235 Å². The van der Waals surface area contributed by atoms with Gasteiger partial charge < -0.3 is 8.97 Å². The number of unbranched alkanes of at least 4 members (excludes halogenated alkanes) is 20. The average molecular weight is 609 g/mol. The van der Waals surface area contributed by atoms with Crippen LogP contribution in [-0.2, 0) is 0 Å². The maximum atomic E-state index is 2.37. The maximum absolute atomic E-state index is 2.37. The molecule has 0 saturated heterocycles. The summed E-state index contributed by atoms with van der Waals surface area (Å²) in [6, 6.07) is 0. The molecular formula is C41H88N2+2. The van der Waals surface area contributed by atoms with Crippen molar-refractivity contribution in [1.82, 2.24) is 0 Å². The van der Waals surface area contributed by atoms with Crippen molar-refractivity contribution in [1.29, 1.82) is 0 Å². The molecular weight excluding hydrogens is 520 g/mol. The van der Waals surface area contributed by atoms with Gasteiger partial charge in [-0.15, -0.1) is 0 Å². The number of rotatable bonds is 36. The van der Waals surface area contributed by atoms with Gasteiger partial charge in [-0.25, -0.2) is 0 Å². The zero-order chi connectivity index (χ0) is 31.7. The molecule has 43 heavy (non-hydrogen) atoms.